The monoisotopic (exact) mass is 258 g/mol. The number of nitrogens with zero attached hydrogens (tertiary/aromatic N) is 1. The molecule has 100 valence electrons. The van der Waals surface area contributed by atoms with Crippen molar-refractivity contribution in [3.05, 3.63) is 22.9 Å². The van der Waals surface area contributed by atoms with Gasteiger partial charge in [-0.05, 0) is 30.4 Å². The lowest BCUT2D eigenvalue weighted by atomic mass is 9.85. The summed E-state index contributed by atoms with van der Waals surface area (Å²) in [5, 5.41) is 0. The zero-order valence-electron chi connectivity index (χ0n) is 10.7. The molecule has 1 heterocycles. The van der Waals surface area contributed by atoms with E-state index >= 15 is 0 Å². The molecule has 0 amide bonds. The first-order chi connectivity index (χ1) is 8.10. The molecule has 1 aliphatic rings. The first-order valence-electron chi connectivity index (χ1n) is 5.99. The Labute approximate surface area is 104 Å². The fourth-order valence-electron chi connectivity index (χ4n) is 2.14. The molecule has 1 aliphatic carbocycles. The number of rotatable bonds is 1. The van der Waals surface area contributed by atoms with Gasteiger partial charge in [-0.2, -0.15) is 13.2 Å². The number of halogens is 3. The van der Waals surface area contributed by atoms with Crippen LogP contribution in [0.1, 0.15) is 56.4 Å². The van der Waals surface area contributed by atoms with E-state index in [2.05, 4.69) is 4.98 Å². The van der Waals surface area contributed by atoms with Crippen molar-refractivity contribution in [1.82, 2.24) is 4.98 Å². The van der Waals surface area contributed by atoms with E-state index in [0.717, 1.165) is 12.8 Å². The van der Waals surface area contributed by atoms with Gasteiger partial charge in [0.25, 0.3) is 0 Å². The number of alkyl halides is 3. The van der Waals surface area contributed by atoms with Gasteiger partial charge in [-0.1, -0.05) is 20.8 Å². The standard InChI is InChI=1S/C13H17F3N2/c1-12(2,3)11-10(13(14,15)16)8(7-4-5-7)6-9(17)18-11/h6-7H,4-5H2,1-3H3,(H2,17,18). The molecule has 0 bridgehead atoms. The molecule has 1 fully saturated rings. The van der Waals surface area contributed by atoms with Crippen molar-refractivity contribution in [3.63, 3.8) is 0 Å². The number of aromatic nitrogens is 1. The Morgan fingerprint density at radius 3 is 2.17 bits per heavy atom. The fourth-order valence-corrected chi connectivity index (χ4v) is 2.14. The van der Waals surface area contributed by atoms with Crippen molar-refractivity contribution >= 4 is 5.82 Å². The van der Waals surface area contributed by atoms with Gasteiger partial charge in [-0.25, -0.2) is 4.98 Å². The highest BCUT2D eigenvalue weighted by Crippen LogP contribution is 2.48. The smallest absolute Gasteiger partial charge is 0.384 e. The van der Waals surface area contributed by atoms with E-state index in [9.17, 15) is 13.2 Å². The summed E-state index contributed by atoms with van der Waals surface area (Å²) in [7, 11) is 0. The van der Waals surface area contributed by atoms with E-state index in [1.165, 1.54) is 6.07 Å². The molecule has 0 atom stereocenters. The molecule has 0 unspecified atom stereocenters. The van der Waals surface area contributed by atoms with Gasteiger partial charge < -0.3 is 5.73 Å². The normalized spacial score (nSPS) is 17.0. The molecule has 0 spiro atoms. The van der Waals surface area contributed by atoms with E-state index in [-0.39, 0.29) is 17.4 Å². The third-order valence-electron chi connectivity index (χ3n) is 3.08. The van der Waals surface area contributed by atoms with E-state index in [1.807, 2.05) is 0 Å². The van der Waals surface area contributed by atoms with Gasteiger partial charge in [-0.15, -0.1) is 0 Å². The zero-order chi connectivity index (χ0) is 13.7. The second kappa shape index (κ2) is 3.87. The minimum absolute atomic E-state index is 0.00646. The summed E-state index contributed by atoms with van der Waals surface area (Å²) >= 11 is 0. The van der Waals surface area contributed by atoms with Crippen LogP contribution in [0.5, 0.6) is 0 Å². The van der Waals surface area contributed by atoms with Crippen molar-refractivity contribution < 1.29 is 13.2 Å². The predicted octanol–water partition coefficient (Wildman–Crippen LogP) is 3.86. The van der Waals surface area contributed by atoms with Gasteiger partial charge in [0.15, 0.2) is 0 Å². The number of nitrogen functional groups attached to an aromatic ring is 1. The number of nitrogens with two attached hydrogens (primary N) is 1. The fraction of sp³-hybridized carbons (Fsp3) is 0.615. The molecule has 0 radical (unpaired) electrons. The Bertz CT molecular complexity index is 468. The van der Waals surface area contributed by atoms with Crippen LogP contribution < -0.4 is 5.73 Å². The largest absolute Gasteiger partial charge is 0.418 e. The van der Waals surface area contributed by atoms with E-state index < -0.39 is 17.2 Å². The van der Waals surface area contributed by atoms with Crippen LogP contribution in [0.3, 0.4) is 0 Å². The highest BCUT2D eigenvalue weighted by Gasteiger charge is 2.43. The summed E-state index contributed by atoms with van der Waals surface area (Å²) in [4.78, 5) is 3.94. The average molecular weight is 258 g/mol. The Kier molecular flexibility index (Phi) is 2.83. The van der Waals surface area contributed by atoms with Crippen molar-refractivity contribution in [1.29, 1.82) is 0 Å². The summed E-state index contributed by atoms with van der Waals surface area (Å²) in [6, 6.07) is 1.38. The Morgan fingerprint density at radius 2 is 1.78 bits per heavy atom. The Morgan fingerprint density at radius 1 is 1.22 bits per heavy atom. The van der Waals surface area contributed by atoms with Crippen LogP contribution in [0, 0.1) is 0 Å². The lowest BCUT2D eigenvalue weighted by Crippen LogP contribution is -2.24. The quantitative estimate of drug-likeness (QED) is 0.830. The van der Waals surface area contributed by atoms with Crippen LogP contribution in [0.15, 0.2) is 6.07 Å². The van der Waals surface area contributed by atoms with Gasteiger partial charge in [0.2, 0.25) is 0 Å². The Hall–Kier alpha value is -1.26. The first-order valence-corrected chi connectivity index (χ1v) is 5.99. The second-order valence-corrected chi connectivity index (χ2v) is 5.88. The van der Waals surface area contributed by atoms with Crippen LogP contribution in [0.2, 0.25) is 0 Å². The van der Waals surface area contributed by atoms with Gasteiger partial charge in [-0.3, -0.25) is 0 Å². The van der Waals surface area contributed by atoms with Crippen molar-refractivity contribution in [2.75, 3.05) is 5.73 Å². The maximum Gasteiger partial charge on any atom is 0.418 e. The summed E-state index contributed by atoms with van der Waals surface area (Å²) in [5.74, 6) is 0.169. The lowest BCUT2D eigenvalue weighted by Gasteiger charge is -2.25. The average Bonchev–Trinajstić information content (AvgIpc) is 2.95. The van der Waals surface area contributed by atoms with Crippen LogP contribution in [0.4, 0.5) is 19.0 Å². The van der Waals surface area contributed by atoms with Gasteiger partial charge in [0.05, 0.1) is 11.3 Å². The number of hydrogen-bond donors (Lipinski definition) is 1. The molecule has 0 aliphatic heterocycles. The van der Waals surface area contributed by atoms with Gasteiger partial charge in [0, 0.05) is 5.41 Å². The highest BCUT2D eigenvalue weighted by atomic mass is 19.4. The molecule has 1 aromatic heterocycles. The summed E-state index contributed by atoms with van der Waals surface area (Å²) in [6.45, 7) is 5.17. The van der Waals surface area contributed by atoms with Crippen molar-refractivity contribution in [2.24, 2.45) is 0 Å². The summed E-state index contributed by atoms with van der Waals surface area (Å²) < 4.78 is 39.8. The first kappa shape index (κ1) is 13.2. The zero-order valence-corrected chi connectivity index (χ0v) is 10.7. The summed E-state index contributed by atoms with van der Waals surface area (Å²) in [5.41, 5.74) is 4.77. The van der Waals surface area contributed by atoms with E-state index in [0.29, 0.717) is 5.56 Å². The minimum Gasteiger partial charge on any atom is -0.384 e. The molecule has 2 nitrogen and oxygen atoms in total. The van der Waals surface area contributed by atoms with E-state index in [1.54, 1.807) is 20.8 Å². The number of hydrogen-bond acceptors (Lipinski definition) is 2. The molecule has 1 saturated carbocycles. The SMILES string of the molecule is CC(C)(C)c1nc(N)cc(C2CC2)c1C(F)(F)F. The maximum absolute atomic E-state index is 13.3. The van der Waals surface area contributed by atoms with E-state index in [4.69, 9.17) is 5.73 Å². The summed E-state index contributed by atoms with van der Waals surface area (Å²) in [6.07, 6.45) is -2.77. The number of pyridine rings is 1. The maximum atomic E-state index is 13.3. The Balaban J connectivity index is 2.71. The molecular formula is C13H17F3N2. The number of anilines is 1. The molecule has 0 aromatic carbocycles. The predicted molar refractivity (Wildman–Crippen MR) is 64.3 cm³/mol. The third kappa shape index (κ3) is 2.44. The molecule has 2 N–H and O–H groups in total. The van der Waals surface area contributed by atoms with Crippen LogP contribution in [0.25, 0.3) is 0 Å². The van der Waals surface area contributed by atoms with Gasteiger partial charge in [0.1, 0.15) is 5.82 Å². The molecule has 2 rings (SSSR count). The second-order valence-electron chi connectivity index (χ2n) is 5.88. The van der Waals surface area contributed by atoms with Crippen molar-refractivity contribution in [3.8, 4) is 0 Å². The third-order valence-corrected chi connectivity index (χ3v) is 3.08. The minimum atomic E-state index is -4.37. The lowest BCUT2D eigenvalue weighted by molar-refractivity contribution is -0.139. The van der Waals surface area contributed by atoms with Crippen molar-refractivity contribution in [2.45, 2.75) is 51.1 Å². The molecule has 18 heavy (non-hydrogen) atoms. The highest BCUT2D eigenvalue weighted by molar-refractivity contribution is 5.48. The molecule has 0 saturated heterocycles. The molecule has 5 heteroatoms. The molecule has 1 aromatic rings. The van der Waals surface area contributed by atoms with Crippen LogP contribution in [-0.2, 0) is 11.6 Å². The van der Waals surface area contributed by atoms with Crippen LogP contribution in [-0.4, -0.2) is 4.98 Å². The van der Waals surface area contributed by atoms with Crippen LogP contribution >= 0.6 is 0 Å². The van der Waals surface area contributed by atoms with Gasteiger partial charge >= 0.3 is 6.18 Å². The topological polar surface area (TPSA) is 38.9 Å². The molecular weight excluding hydrogens is 241 g/mol.